The lowest BCUT2D eigenvalue weighted by atomic mass is 9.72. The molecule has 0 saturated carbocycles. The van der Waals surface area contributed by atoms with Crippen LogP contribution in [-0.2, 0) is 18.5 Å². The van der Waals surface area contributed by atoms with E-state index in [1.807, 2.05) is 0 Å². The van der Waals surface area contributed by atoms with E-state index in [-0.39, 0.29) is 5.92 Å². The average molecular weight is 775 g/mol. The molecule has 0 radical (unpaired) electrons. The zero-order chi connectivity index (χ0) is 41.4. The fourth-order valence-electron chi connectivity index (χ4n) is 11.1. The third kappa shape index (κ3) is 4.88. The van der Waals surface area contributed by atoms with Crippen molar-refractivity contribution in [2.75, 3.05) is 0 Å². The Kier molecular flexibility index (Phi) is 8.14. The molecule has 2 nitrogen and oxygen atoms in total. The molecule has 1 unspecified atom stereocenters. The van der Waals surface area contributed by atoms with Crippen molar-refractivity contribution < 1.29 is 0 Å². The summed E-state index contributed by atoms with van der Waals surface area (Å²) in [6.45, 7) is 0.761. The maximum Gasteiger partial charge on any atom is 0.0841 e. The first-order valence-corrected chi connectivity index (χ1v) is 20.7. The van der Waals surface area contributed by atoms with Crippen LogP contribution in [0.1, 0.15) is 47.4 Å². The quantitative estimate of drug-likeness (QED) is 0.143. The number of nitrogens with zero attached hydrogens (tertiary/aromatic N) is 2. The van der Waals surface area contributed by atoms with Crippen LogP contribution in [0.5, 0.6) is 0 Å². The lowest BCUT2D eigenvalue weighted by Crippen LogP contribution is -2.24. The van der Waals surface area contributed by atoms with Gasteiger partial charge in [0.25, 0.3) is 0 Å². The highest BCUT2D eigenvalue weighted by Crippen LogP contribution is 2.56. The number of fused-ring (bicyclic) bond motifs is 12. The standard InChI is InChI=1S/C59H38N2/c1-6-19-40-41-20-11-12-21-42(41)43-30-28-38(36-48(40)43)53-55-46-23-14-17-26-51(46)61(35-10-5)58(55)54(56-47-24-15-18-27-52(47)60(34-9-4)57(53)56)39-29-31-45-44-22-13-16-25-49(44)59(32-7-2,33-8-3)50(45)37-39/h1-5,11-18,20-31,36-37,40H,19,32-35H2. The van der Waals surface area contributed by atoms with Crippen molar-refractivity contribution >= 4 is 43.6 Å². The summed E-state index contributed by atoms with van der Waals surface area (Å²) >= 11 is 0. The Bertz CT molecular complexity index is 3560. The van der Waals surface area contributed by atoms with Gasteiger partial charge in [-0.25, -0.2) is 0 Å². The number of rotatable bonds is 7. The first-order valence-electron chi connectivity index (χ1n) is 20.7. The molecule has 0 amide bonds. The van der Waals surface area contributed by atoms with Crippen molar-refractivity contribution in [3.8, 4) is 106 Å². The van der Waals surface area contributed by atoms with Crippen LogP contribution in [-0.4, -0.2) is 9.13 Å². The Balaban J connectivity index is 1.34. The summed E-state index contributed by atoms with van der Waals surface area (Å²) in [7, 11) is 0. The molecule has 0 bridgehead atoms. The van der Waals surface area contributed by atoms with Crippen LogP contribution in [0.25, 0.3) is 88.1 Å². The zero-order valence-corrected chi connectivity index (χ0v) is 33.6. The minimum atomic E-state index is -0.538. The van der Waals surface area contributed by atoms with E-state index in [0.717, 1.165) is 77.0 Å². The largest absolute Gasteiger partial charge is 0.328 e. The summed E-state index contributed by atoms with van der Waals surface area (Å²) in [6.07, 6.45) is 32.7. The third-order valence-electron chi connectivity index (χ3n) is 13.4. The highest BCUT2D eigenvalue weighted by atomic mass is 15.0. The molecule has 61 heavy (non-hydrogen) atoms. The van der Waals surface area contributed by atoms with Gasteiger partial charge in [-0.15, -0.1) is 49.9 Å². The highest BCUT2D eigenvalue weighted by molar-refractivity contribution is 6.32. The molecule has 7 aromatic carbocycles. The maximum atomic E-state index is 6.31. The van der Waals surface area contributed by atoms with Gasteiger partial charge in [0, 0.05) is 63.3 Å². The number of terminal acetylenes is 5. The van der Waals surface area contributed by atoms with Gasteiger partial charge < -0.3 is 9.13 Å². The Morgan fingerprint density at radius 3 is 1.57 bits per heavy atom. The van der Waals surface area contributed by atoms with Crippen LogP contribution in [0.3, 0.4) is 0 Å². The SMILES string of the molecule is C#CCC1c2ccccc2-c2ccc(-c3c4c5ccccc5n(CC#C)c4c(-c4ccc5c(c4)C(CC#C)(CC#C)c4ccccc4-5)c4c5ccccc5n(CC#C)c34)cc21. The van der Waals surface area contributed by atoms with Crippen LogP contribution in [0.4, 0.5) is 0 Å². The summed E-state index contributed by atoms with van der Waals surface area (Å²) in [5.74, 6) is 15.2. The molecule has 284 valence electrons. The van der Waals surface area contributed by atoms with E-state index in [9.17, 15) is 0 Å². The Hall–Kier alpha value is -8.06. The van der Waals surface area contributed by atoms with Gasteiger partial charge in [0.1, 0.15) is 0 Å². The molecule has 0 fully saturated rings. The van der Waals surface area contributed by atoms with Crippen LogP contribution in [0, 0.1) is 61.7 Å². The lowest BCUT2D eigenvalue weighted by molar-refractivity contribution is 0.560. The smallest absolute Gasteiger partial charge is 0.0841 e. The number of para-hydroxylation sites is 2. The second kappa shape index (κ2) is 13.8. The van der Waals surface area contributed by atoms with Crippen LogP contribution in [0.15, 0.2) is 133 Å². The molecule has 0 spiro atoms. The monoisotopic (exact) mass is 774 g/mol. The second-order valence-corrected chi connectivity index (χ2v) is 16.3. The summed E-state index contributed by atoms with van der Waals surface area (Å²) < 4.78 is 4.67. The Morgan fingerprint density at radius 2 is 0.967 bits per heavy atom. The van der Waals surface area contributed by atoms with Crippen molar-refractivity contribution in [1.29, 1.82) is 0 Å². The maximum absolute atomic E-state index is 6.31. The fourth-order valence-corrected chi connectivity index (χ4v) is 11.1. The van der Waals surface area contributed by atoms with E-state index in [1.54, 1.807) is 0 Å². The van der Waals surface area contributed by atoms with Gasteiger partial charge in [-0.2, -0.15) is 0 Å². The van der Waals surface area contributed by atoms with E-state index in [4.69, 9.17) is 32.1 Å². The van der Waals surface area contributed by atoms with Crippen LogP contribution >= 0.6 is 0 Å². The molecule has 9 aromatic rings. The van der Waals surface area contributed by atoms with Gasteiger partial charge in [-0.1, -0.05) is 121 Å². The summed E-state index contributed by atoms with van der Waals surface area (Å²) in [5.41, 5.74) is 17.8. The molecule has 0 N–H and O–H groups in total. The Labute approximate surface area is 356 Å². The first kappa shape index (κ1) is 36.1. The van der Waals surface area contributed by atoms with E-state index < -0.39 is 5.41 Å². The lowest BCUT2D eigenvalue weighted by Gasteiger charge is -2.28. The Morgan fingerprint density at radius 1 is 0.459 bits per heavy atom. The van der Waals surface area contributed by atoms with Gasteiger partial charge in [0.15, 0.2) is 0 Å². The number of benzene rings is 7. The van der Waals surface area contributed by atoms with E-state index in [1.165, 1.54) is 33.4 Å². The number of hydrogen-bond acceptors (Lipinski definition) is 0. The fraction of sp³-hybridized carbons (Fsp3) is 0.119. The van der Waals surface area contributed by atoms with Crippen molar-refractivity contribution in [2.24, 2.45) is 0 Å². The molecule has 0 aliphatic heterocycles. The minimum absolute atomic E-state index is 0.0857. The highest BCUT2D eigenvalue weighted by Gasteiger charge is 2.42. The second-order valence-electron chi connectivity index (χ2n) is 16.3. The minimum Gasteiger partial charge on any atom is -0.328 e. The number of aromatic nitrogens is 2. The normalized spacial score (nSPS) is 14.1. The van der Waals surface area contributed by atoms with E-state index in [2.05, 4.69) is 172 Å². The van der Waals surface area contributed by atoms with Crippen LogP contribution in [0.2, 0.25) is 0 Å². The van der Waals surface area contributed by atoms with Crippen molar-refractivity contribution in [2.45, 2.75) is 43.7 Å². The molecule has 2 aromatic heterocycles. The molecule has 2 aliphatic carbocycles. The summed E-state index contributed by atoms with van der Waals surface area (Å²) in [6, 6.07) is 48.3. The van der Waals surface area contributed by atoms with Gasteiger partial charge in [0.05, 0.1) is 35.2 Å². The molecule has 2 heteroatoms. The van der Waals surface area contributed by atoms with Gasteiger partial charge in [0.2, 0.25) is 0 Å². The van der Waals surface area contributed by atoms with Crippen molar-refractivity contribution in [1.82, 2.24) is 9.13 Å². The number of hydrogen-bond donors (Lipinski definition) is 0. The molecule has 11 rings (SSSR count). The molecule has 1 atom stereocenters. The zero-order valence-electron chi connectivity index (χ0n) is 33.6. The average Bonchev–Trinajstić information content (AvgIpc) is 3.98. The predicted molar refractivity (Wildman–Crippen MR) is 255 cm³/mol. The molecule has 2 heterocycles. The molecular formula is C59H38N2. The van der Waals surface area contributed by atoms with Crippen molar-refractivity contribution in [3.05, 3.63) is 156 Å². The topological polar surface area (TPSA) is 9.86 Å². The molecule has 2 aliphatic rings. The van der Waals surface area contributed by atoms with Crippen molar-refractivity contribution in [3.63, 3.8) is 0 Å². The van der Waals surface area contributed by atoms with Gasteiger partial charge in [-0.05, 0) is 79.9 Å². The van der Waals surface area contributed by atoms with Crippen LogP contribution < -0.4 is 0 Å². The third-order valence-corrected chi connectivity index (χ3v) is 13.4. The van der Waals surface area contributed by atoms with E-state index >= 15 is 0 Å². The van der Waals surface area contributed by atoms with Gasteiger partial charge >= 0.3 is 0 Å². The van der Waals surface area contributed by atoms with Gasteiger partial charge in [-0.3, -0.25) is 0 Å². The van der Waals surface area contributed by atoms with E-state index in [0.29, 0.717) is 32.4 Å². The summed E-state index contributed by atoms with van der Waals surface area (Å²) in [5, 5.41) is 4.48. The molecule has 0 saturated heterocycles. The first-order chi connectivity index (χ1) is 30.1. The molecular weight excluding hydrogens is 737 g/mol. The predicted octanol–water partition coefficient (Wildman–Crippen LogP) is 13.0. The summed E-state index contributed by atoms with van der Waals surface area (Å²) in [4.78, 5) is 0.